The number of carbonyl (C=O) groups is 1. The van der Waals surface area contributed by atoms with Crippen LogP contribution in [0.4, 0.5) is 0 Å². The zero-order valence-corrected chi connectivity index (χ0v) is 11.4. The van der Waals surface area contributed by atoms with E-state index in [1.54, 1.807) is 22.7 Å². The van der Waals surface area contributed by atoms with Crippen molar-refractivity contribution >= 4 is 28.6 Å². The summed E-state index contributed by atoms with van der Waals surface area (Å²) in [6, 6.07) is 2.06. The summed E-state index contributed by atoms with van der Waals surface area (Å²) in [6.07, 6.45) is 0.862. The third-order valence-corrected chi connectivity index (χ3v) is 3.99. The normalized spacial score (nSPS) is 10.7. The van der Waals surface area contributed by atoms with Gasteiger partial charge in [-0.3, -0.25) is 4.79 Å². The molecule has 96 valence electrons. The van der Waals surface area contributed by atoms with Gasteiger partial charge >= 0.3 is 5.97 Å². The zero-order valence-electron chi connectivity index (χ0n) is 9.76. The first kappa shape index (κ1) is 13.2. The second-order valence-electron chi connectivity index (χ2n) is 3.83. The molecule has 0 aromatic carbocycles. The standard InChI is InChI=1S/C12H14N2O2S2/c15-11(16)2-1-4-13-6-10-8-18-12(14-10)9-3-5-17-7-9/h3,5,7-8,13H,1-2,4,6H2,(H,15,16). The van der Waals surface area contributed by atoms with E-state index in [-0.39, 0.29) is 6.42 Å². The van der Waals surface area contributed by atoms with Crippen molar-refractivity contribution in [3.05, 3.63) is 27.9 Å². The minimum absolute atomic E-state index is 0.213. The molecular weight excluding hydrogens is 268 g/mol. The predicted molar refractivity (Wildman–Crippen MR) is 74.0 cm³/mol. The number of rotatable bonds is 7. The Hall–Kier alpha value is -1.24. The van der Waals surface area contributed by atoms with E-state index < -0.39 is 5.97 Å². The van der Waals surface area contributed by atoms with Crippen molar-refractivity contribution in [1.29, 1.82) is 0 Å². The Kier molecular flexibility index (Phi) is 4.86. The van der Waals surface area contributed by atoms with Crippen molar-refractivity contribution in [2.45, 2.75) is 19.4 Å². The van der Waals surface area contributed by atoms with Crippen molar-refractivity contribution < 1.29 is 9.90 Å². The van der Waals surface area contributed by atoms with Crippen LogP contribution in [0.3, 0.4) is 0 Å². The number of hydrogen-bond acceptors (Lipinski definition) is 5. The van der Waals surface area contributed by atoms with E-state index in [1.165, 1.54) is 5.56 Å². The third-order valence-electron chi connectivity index (χ3n) is 2.37. The Bertz CT molecular complexity index is 494. The van der Waals surface area contributed by atoms with Gasteiger partial charge in [0.15, 0.2) is 0 Å². The molecule has 0 atom stereocenters. The Morgan fingerprint density at radius 2 is 2.33 bits per heavy atom. The van der Waals surface area contributed by atoms with Crippen molar-refractivity contribution in [2.75, 3.05) is 6.54 Å². The van der Waals surface area contributed by atoms with E-state index in [9.17, 15) is 4.79 Å². The summed E-state index contributed by atoms with van der Waals surface area (Å²) in [5, 5.41) is 18.9. The summed E-state index contributed by atoms with van der Waals surface area (Å²) < 4.78 is 0. The quantitative estimate of drug-likeness (QED) is 0.767. The van der Waals surface area contributed by atoms with E-state index in [0.717, 1.165) is 10.7 Å². The summed E-state index contributed by atoms with van der Waals surface area (Å²) in [7, 11) is 0. The van der Waals surface area contributed by atoms with Gasteiger partial charge in [0.25, 0.3) is 0 Å². The van der Waals surface area contributed by atoms with Crippen LogP contribution in [0.15, 0.2) is 22.2 Å². The molecule has 2 rings (SSSR count). The lowest BCUT2D eigenvalue weighted by atomic mass is 10.3. The largest absolute Gasteiger partial charge is 0.481 e. The molecule has 0 bridgehead atoms. The molecule has 0 aliphatic rings. The van der Waals surface area contributed by atoms with E-state index >= 15 is 0 Å². The van der Waals surface area contributed by atoms with Crippen LogP contribution in [0.1, 0.15) is 18.5 Å². The smallest absolute Gasteiger partial charge is 0.303 e. The van der Waals surface area contributed by atoms with Crippen LogP contribution < -0.4 is 5.32 Å². The van der Waals surface area contributed by atoms with E-state index in [2.05, 4.69) is 21.7 Å². The highest BCUT2D eigenvalue weighted by Crippen LogP contribution is 2.25. The lowest BCUT2D eigenvalue weighted by molar-refractivity contribution is -0.137. The molecule has 0 unspecified atom stereocenters. The lowest BCUT2D eigenvalue weighted by Crippen LogP contribution is -2.15. The number of hydrogen-bond donors (Lipinski definition) is 2. The molecule has 0 fully saturated rings. The van der Waals surface area contributed by atoms with E-state index in [1.807, 2.05) is 10.8 Å². The van der Waals surface area contributed by atoms with Crippen LogP contribution in [0, 0.1) is 0 Å². The molecule has 2 heterocycles. The molecule has 2 aromatic rings. The maximum absolute atomic E-state index is 10.3. The maximum atomic E-state index is 10.3. The molecule has 0 saturated carbocycles. The molecule has 0 aliphatic carbocycles. The Labute approximate surface area is 113 Å². The van der Waals surface area contributed by atoms with Crippen molar-refractivity contribution in [3.8, 4) is 10.6 Å². The van der Waals surface area contributed by atoms with Gasteiger partial charge in [-0.25, -0.2) is 4.98 Å². The van der Waals surface area contributed by atoms with Crippen LogP contribution in [0.25, 0.3) is 10.6 Å². The van der Waals surface area contributed by atoms with Crippen molar-refractivity contribution in [2.24, 2.45) is 0 Å². The predicted octanol–water partition coefficient (Wildman–Crippen LogP) is 2.83. The average molecular weight is 282 g/mol. The van der Waals surface area contributed by atoms with Crippen LogP contribution in [0.2, 0.25) is 0 Å². The number of carboxylic acids is 1. The van der Waals surface area contributed by atoms with Crippen LogP contribution in [-0.2, 0) is 11.3 Å². The number of aliphatic carboxylic acids is 1. The minimum Gasteiger partial charge on any atom is -0.481 e. The van der Waals surface area contributed by atoms with Gasteiger partial charge in [-0.15, -0.1) is 11.3 Å². The second kappa shape index (κ2) is 6.63. The van der Waals surface area contributed by atoms with Gasteiger partial charge in [0, 0.05) is 29.3 Å². The lowest BCUT2D eigenvalue weighted by Gasteiger charge is -2.00. The van der Waals surface area contributed by atoms with Crippen LogP contribution in [0.5, 0.6) is 0 Å². The second-order valence-corrected chi connectivity index (χ2v) is 5.47. The van der Waals surface area contributed by atoms with Crippen molar-refractivity contribution in [3.63, 3.8) is 0 Å². The summed E-state index contributed by atoms with van der Waals surface area (Å²) >= 11 is 3.30. The maximum Gasteiger partial charge on any atom is 0.303 e. The Morgan fingerprint density at radius 1 is 1.44 bits per heavy atom. The topological polar surface area (TPSA) is 62.2 Å². The first-order valence-corrected chi connectivity index (χ1v) is 7.47. The molecule has 6 heteroatoms. The zero-order chi connectivity index (χ0) is 12.8. The summed E-state index contributed by atoms with van der Waals surface area (Å²) in [6.45, 7) is 1.40. The summed E-state index contributed by atoms with van der Waals surface area (Å²) in [4.78, 5) is 14.9. The number of nitrogens with zero attached hydrogens (tertiary/aromatic N) is 1. The fraction of sp³-hybridized carbons (Fsp3) is 0.333. The minimum atomic E-state index is -0.745. The van der Waals surface area contributed by atoms with E-state index in [4.69, 9.17) is 5.11 Å². The van der Waals surface area contributed by atoms with Gasteiger partial charge in [-0.1, -0.05) is 0 Å². The fourth-order valence-electron chi connectivity index (χ4n) is 1.49. The molecule has 0 spiro atoms. The number of thiophene rings is 1. The summed E-state index contributed by atoms with van der Waals surface area (Å²) in [5.41, 5.74) is 2.18. The van der Waals surface area contributed by atoms with Gasteiger partial charge in [0.05, 0.1) is 5.69 Å². The fourth-order valence-corrected chi connectivity index (χ4v) is 3.02. The highest BCUT2D eigenvalue weighted by Gasteiger charge is 2.04. The molecule has 0 saturated heterocycles. The number of carboxylic acid groups (broad SMARTS) is 1. The summed E-state index contributed by atoms with van der Waals surface area (Å²) in [5.74, 6) is -0.745. The highest BCUT2D eigenvalue weighted by molar-refractivity contribution is 7.14. The van der Waals surface area contributed by atoms with Gasteiger partial charge < -0.3 is 10.4 Å². The molecule has 0 radical (unpaired) electrons. The Morgan fingerprint density at radius 3 is 3.06 bits per heavy atom. The first-order valence-electron chi connectivity index (χ1n) is 5.65. The van der Waals surface area contributed by atoms with E-state index in [0.29, 0.717) is 19.5 Å². The average Bonchev–Trinajstić information content (AvgIpc) is 2.98. The molecular formula is C12H14N2O2S2. The Balaban J connectivity index is 1.76. The highest BCUT2D eigenvalue weighted by atomic mass is 32.1. The van der Waals surface area contributed by atoms with Gasteiger partial charge in [0.1, 0.15) is 5.01 Å². The number of aromatic nitrogens is 1. The number of thiazole rings is 1. The molecule has 2 N–H and O–H groups in total. The van der Waals surface area contributed by atoms with Gasteiger partial charge in [-0.05, 0) is 24.4 Å². The number of nitrogens with one attached hydrogen (secondary N) is 1. The molecule has 2 aromatic heterocycles. The first-order chi connectivity index (χ1) is 8.75. The van der Waals surface area contributed by atoms with Gasteiger partial charge in [-0.2, -0.15) is 11.3 Å². The van der Waals surface area contributed by atoms with Crippen LogP contribution >= 0.6 is 22.7 Å². The van der Waals surface area contributed by atoms with Crippen LogP contribution in [-0.4, -0.2) is 22.6 Å². The molecule has 0 amide bonds. The molecule has 4 nitrogen and oxygen atoms in total. The molecule has 0 aliphatic heterocycles. The molecule has 18 heavy (non-hydrogen) atoms. The van der Waals surface area contributed by atoms with Crippen molar-refractivity contribution in [1.82, 2.24) is 10.3 Å². The third kappa shape index (κ3) is 3.90. The monoisotopic (exact) mass is 282 g/mol. The van der Waals surface area contributed by atoms with Gasteiger partial charge in [0.2, 0.25) is 0 Å². The SMILES string of the molecule is O=C(O)CCCNCc1csc(-c2ccsc2)n1.